The lowest BCUT2D eigenvalue weighted by atomic mass is 10.0. The molecule has 7 nitrogen and oxygen atoms in total. The minimum Gasteiger partial charge on any atom is -0.378 e. The minimum atomic E-state index is -0.0788. The summed E-state index contributed by atoms with van der Waals surface area (Å²) in [6, 6.07) is 9.75. The van der Waals surface area contributed by atoms with E-state index < -0.39 is 0 Å². The fourth-order valence-electron chi connectivity index (χ4n) is 3.96. The van der Waals surface area contributed by atoms with Crippen LogP contribution in [0.2, 0.25) is 0 Å². The molecule has 0 bridgehead atoms. The molecule has 0 unspecified atom stereocenters. The highest BCUT2D eigenvalue weighted by molar-refractivity contribution is 6.00. The first-order valence-electron chi connectivity index (χ1n) is 9.09. The lowest BCUT2D eigenvalue weighted by Crippen LogP contribution is -2.38. The van der Waals surface area contributed by atoms with Gasteiger partial charge in [0.05, 0.1) is 18.8 Å². The average Bonchev–Trinajstić information content (AvgIpc) is 3.27. The van der Waals surface area contributed by atoms with Crippen LogP contribution in [0.4, 0.5) is 5.69 Å². The van der Waals surface area contributed by atoms with Crippen molar-refractivity contribution >= 4 is 11.6 Å². The Labute approximate surface area is 153 Å². The van der Waals surface area contributed by atoms with Gasteiger partial charge in [-0.15, -0.1) is 0 Å². The summed E-state index contributed by atoms with van der Waals surface area (Å²) in [4.78, 5) is 17.4. The maximum atomic E-state index is 13.2. The van der Waals surface area contributed by atoms with Crippen LogP contribution in [0.15, 0.2) is 36.5 Å². The third-order valence-electron chi connectivity index (χ3n) is 5.38. The number of anilines is 1. The van der Waals surface area contributed by atoms with Crippen molar-refractivity contribution < 1.29 is 9.53 Å². The molecule has 0 saturated carbocycles. The molecule has 1 aromatic carbocycles. The molecule has 138 valence electrons. The Balaban J connectivity index is 1.56. The van der Waals surface area contributed by atoms with E-state index in [4.69, 9.17) is 10.5 Å². The Morgan fingerprint density at radius 2 is 1.96 bits per heavy atom. The third-order valence-corrected chi connectivity index (χ3v) is 5.38. The van der Waals surface area contributed by atoms with Crippen molar-refractivity contribution in [3.8, 4) is 0 Å². The molecule has 2 aliphatic heterocycles. The van der Waals surface area contributed by atoms with E-state index in [0.29, 0.717) is 26.3 Å². The van der Waals surface area contributed by atoms with Gasteiger partial charge in [0.15, 0.2) is 0 Å². The zero-order valence-corrected chi connectivity index (χ0v) is 15.0. The van der Waals surface area contributed by atoms with E-state index in [1.165, 1.54) is 0 Å². The molecule has 1 aromatic heterocycles. The van der Waals surface area contributed by atoms with Gasteiger partial charge in [-0.1, -0.05) is 12.1 Å². The van der Waals surface area contributed by atoms with Gasteiger partial charge in [-0.05, 0) is 18.2 Å². The summed E-state index contributed by atoms with van der Waals surface area (Å²) in [5.74, 6) is 0.161. The number of aromatic nitrogens is 2. The van der Waals surface area contributed by atoms with Gasteiger partial charge in [-0.3, -0.25) is 9.48 Å². The van der Waals surface area contributed by atoms with E-state index >= 15 is 0 Å². The zero-order chi connectivity index (χ0) is 18.1. The van der Waals surface area contributed by atoms with Crippen LogP contribution in [-0.2, 0) is 11.8 Å². The van der Waals surface area contributed by atoms with Gasteiger partial charge < -0.3 is 20.3 Å². The summed E-state index contributed by atoms with van der Waals surface area (Å²) in [5, 5.41) is 4.24. The Hall–Kier alpha value is -2.38. The summed E-state index contributed by atoms with van der Waals surface area (Å²) >= 11 is 0. The van der Waals surface area contributed by atoms with Crippen molar-refractivity contribution in [2.24, 2.45) is 12.8 Å². The number of ether oxygens (including phenoxy) is 1. The van der Waals surface area contributed by atoms with Crippen molar-refractivity contribution in [3.05, 3.63) is 47.8 Å². The Kier molecular flexibility index (Phi) is 4.65. The molecule has 4 rings (SSSR count). The fraction of sp³-hybridized carbons (Fsp3) is 0.474. The molecule has 0 spiro atoms. The number of amides is 1. The van der Waals surface area contributed by atoms with Crippen LogP contribution in [0.1, 0.15) is 22.0 Å². The monoisotopic (exact) mass is 355 g/mol. The van der Waals surface area contributed by atoms with Gasteiger partial charge in [-0.25, -0.2) is 0 Å². The lowest BCUT2D eigenvalue weighted by molar-refractivity contribution is 0.0788. The molecular formula is C19H25N5O2. The van der Waals surface area contributed by atoms with Crippen LogP contribution in [0.25, 0.3) is 0 Å². The number of likely N-dealkylation sites (tertiary alicyclic amines) is 1. The number of hydrogen-bond donors (Lipinski definition) is 1. The molecule has 2 atom stereocenters. The second kappa shape index (κ2) is 7.09. The summed E-state index contributed by atoms with van der Waals surface area (Å²) in [6.45, 7) is 4.19. The van der Waals surface area contributed by atoms with E-state index in [2.05, 4.69) is 10.00 Å². The smallest absolute Gasteiger partial charge is 0.256 e. The van der Waals surface area contributed by atoms with Crippen molar-refractivity contribution in [2.45, 2.75) is 12.0 Å². The average molecular weight is 355 g/mol. The topological polar surface area (TPSA) is 76.6 Å². The van der Waals surface area contributed by atoms with Crippen LogP contribution in [0.3, 0.4) is 0 Å². The normalized spacial score (nSPS) is 23.5. The summed E-state index contributed by atoms with van der Waals surface area (Å²) < 4.78 is 7.29. The van der Waals surface area contributed by atoms with Crippen molar-refractivity contribution in [2.75, 3.05) is 44.3 Å². The molecule has 2 N–H and O–H groups in total. The highest BCUT2D eigenvalue weighted by Gasteiger charge is 2.36. The number of aryl methyl sites for hydroxylation is 1. The molecule has 2 saturated heterocycles. The second-order valence-corrected chi connectivity index (χ2v) is 6.98. The second-order valence-electron chi connectivity index (χ2n) is 6.98. The maximum Gasteiger partial charge on any atom is 0.256 e. The molecule has 26 heavy (non-hydrogen) atoms. The largest absolute Gasteiger partial charge is 0.378 e. The van der Waals surface area contributed by atoms with Gasteiger partial charge >= 0.3 is 0 Å². The van der Waals surface area contributed by atoms with Crippen LogP contribution >= 0.6 is 0 Å². The van der Waals surface area contributed by atoms with Crippen LogP contribution < -0.4 is 10.6 Å². The summed E-state index contributed by atoms with van der Waals surface area (Å²) in [5.41, 5.74) is 9.17. The Morgan fingerprint density at radius 3 is 2.69 bits per heavy atom. The number of benzene rings is 1. The highest BCUT2D eigenvalue weighted by Crippen LogP contribution is 2.29. The number of morpholine rings is 1. The molecule has 3 heterocycles. The number of nitrogens with two attached hydrogens (primary N) is 1. The molecule has 2 aromatic rings. The fourth-order valence-corrected chi connectivity index (χ4v) is 3.96. The number of nitrogens with zero attached hydrogens (tertiary/aromatic N) is 4. The van der Waals surface area contributed by atoms with Crippen molar-refractivity contribution in [1.82, 2.24) is 14.7 Å². The number of carbonyl (C=O) groups excluding carboxylic acids is 1. The van der Waals surface area contributed by atoms with E-state index in [-0.39, 0.29) is 17.9 Å². The zero-order valence-electron chi connectivity index (χ0n) is 15.0. The SMILES string of the molecule is Cn1nccc1[C@@H]1CN(C(=O)c2ccccc2N2CCOCC2)C[C@H]1N. The van der Waals surface area contributed by atoms with Gasteiger partial charge in [0.2, 0.25) is 0 Å². The quantitative estimate of drug-likeness (QED) is 0.882. The molecule has 0 aliphatic carbocycles. The molecule has 2 fully saturated rings. The van der Waals surface area contributed by atoms with Gasteiger partial charge in [0.1, 0.15) is 0 Å². The molecular weight excluding hydrogens is 330 g/mol. The first-order valence-corrected chi connectivity index (χ1v) is 9.09. The van der Waals surface area contributed by atoms with Crippen molar-refractivity contribution in [1.29, 1.82) is 0 Å². The Bertz CT molecular complexity index is 784. The van der Waals surface area contributed by atoms with E-state index in [9.17, 15) is 4.79 Å². The van der Waals surface area contributed by atoms with E-state index in [1.54, 1.807) is 6.20 Å². The molecule has 7 heteroatoms. The van der Waals surface area contributed by atoms with Crippen LogP contribution in [0.5, 0.6) is 0 Å². The number of rotatable bonds is 3. The van der Waals surface area contributed by atoms with Crippen LogP contribution in [0, 0.1) is 0 Å². The minimum absolute atomic E-state index is 0.0483. The summed E-state index contributed by atoms with van der Waals surface area (Å²) in [6.07, 6.45) is 1.78. The number of para-hydroxylation sites is 1. The Morgan fingerprint density at radius 1 is 1.19 bits per heavy atom. The van der Waals surface area contributed by atoms with Crippen molar-refractivity contribution in [3.63, 3.8) is 0 Å². The molecule has 0 radical (unpaired) electrons. The number of carbonyl (C=O) groups is 1. The molecule has 1 amide bonds. The highest BCUT2D eigenvalue weighted by atomic mass is 16.5. The summed E-state index contributed by atoms with van der Waals surface area (Å²) in [7, 11) is 1.92. The van der Waals surface area contributed by atoms with Crippen LogP contribution in [-0.4, -0.2) is 66.0 Å². The first-order chi connectivity index (χ1) is 12.6. The van der Waals surface area contributed by atoms with E-state index in [0.717, 1.165) is 30.0 Å². The van der Waals surface area contributed by atoms with Gasteiger partial charge in [0.25, 0.3) is 5.91 Å². The van der Waals surface area contributed by atoms with Gasteiger partial charge in [0, 0.05) is 62.8 Å². The first kappa shape index (κ1) is 17.1. The standard InChI is InChI=1S/C19H25N5O2/c1-22-17(6-7-21-22)15-12-24(13-16(15)20)19(25)14-4-2-3-5-18(14)23-8-10-26-11-9-23/h2-7,15-16H,8-13,20H2,1H3/t15-,16-/m1/s1. The third kappa shape index (κ3) is 3.08. The molecule has 2 aliphatic rings. The maximum absolute atomic E-state index is 13.2. The van der Waals surface area contributed by atoms with E-state index in [1.807, 2.05) is 47.0 Å². The lowest BCUT2D eigenvalue weighted by Gasteiger charge is -2.31. The predicted octanol–water partition coefficient (Wildman–Crippen LogP) is 0.824. The number of hydrogen-bond acceptors (Lipinski definition) is 5. The van der Waals surface area contributed by atoms with Gasteiger partial charge in [-0.2, -0.15) is 5.10 Å². The predicted molar refractivity (Wildman–Crippen MR) is 99.3 cm³/mol.